The van der Waals surface area contributed by atoms with E-state index in [0.29, 0.717) is 6.42 Å². The summed E-state index contributed by atoms with van der Waals surface area (Å²) in [6.07, 6.45) is 1.52. The minimum atomic E-state index is -0.354. The van der Waals surface area contributed by atoms with Gasteiger partial charge in [0, 0.05) is 37.1 Å². The van der Waals surface area contributed by atoms with Crippen molar-refractivity contribution in [3.8, 4) is 0 Å². The first-order valence-corrected chi connectivity index (χ1v) is 7.78. The summed E-state index contributed by atoms with van der Waals surface area (Å²) in [6.45, 7) is 6.10. The summed E-state index contributed by atoms with van der Waals surface area (Å²) in [5.41, 5.74) is 1.12. The monoisotopic (exact) mass is 385 g/mol. The SMILES string of the molecule is CCC(=O)N1CCC[N+](C)(Cc2cccc([N+](=O)[O-])c2)CC1.[Br-]. The van der Waals surface area contributed by atoms with Gasteiger partial charge < -0.3 is 26.4 Å². The third-order valence-corrected chi connectivity index (χ3v) is 4.38. The molecule has 1 heterocycles. The second kappa shape index (κ2) is 8.40. The molecule has 0 N–H and O–H groups in total. The number of benzene rings is 1. The average molecular weight is 386 g/mol. The smallest absolute Gasteiger partial charge is 0.269 e. The molecule has 1 fully saturated rings. The number of likely N-dealkylation sites (N-methyl/N-ethyl adjacent to an activating group) is 1. The Kier molecular flexibility index (Phi) is 7.15. The van der Waals surface area contributed by atoms with E-state index in [9.17, 15) is 14.9 Å². The number of carbonyl (C=O) groups excluding carboxylic acids is 1. The standard InChI is InChI=1S/C16H24N3O3.BrH/c1-3-16(20)17-8-5-10-19(2,11-9-17)13-14-6-4-7-15(12-14)18(21)22;/h4,6-7,12H,3,5,8-11,13H2,1-2H3;1H/q+1;/p-1. The van der Waals surface area contributed by atoms with Crippen molar-refractivity contribution >= 4 is 11.6 Å². The van der Waals surface area contributed by atoms with Gasteiger partial charge in [0.15, 0.2) is 0 Å². The first-order valence-electron chi connectivity index (χ1n) is 7.78. The van der Waals surface area contributed by atoms with Crippen LogP contribution in [0.4, 0.5) is 5.69 Å². The number of amides is 1. The number of quaternary nitrogens is 1. The highest BCUT2D eigenvalue weighted by molar-refractivity contribution is 5.75. The summed E-state index contributed by atoms with van der Waals surface area (Å²) in [5, 5.41) is 10.9. The minimum Gasteiger partial charge on any atom is -1.00 e. The topological polar surface area (TPSA) is 63.5 Å². The quantitative estimate of drug-likeness (QED) is 0.386. The lowest BCUT2D eigenvalue weighted by Crippen LogP contribution is -3.00. The third kappa shape index (κ3) is 5.28. The molecule has 1 atom stereocenters. The molecule has 23 heavy (non-hydrogen) atoms. The van der Waals surface area contributed by atoms with Crippen LogP contribution in [0, 0.1) is 10.1 Å². The molecule has 6 nitrogen and oxygen atoms in total. The van der Waals surface area contributed by atoms with Gasteiger partial charge in [-0.1, -0.05) is 19.1 Å². The Bertz CT molecular complexity index is 567. The number of non-ortho nitro benzene ring substituents is 1. The van der Waals surface area contributed by atoms with Crippen LogP contribution in [0.2, 0.25) is 0 Å². The van der Waals surface area contributed by atoms with Gasteiger partial charge in [-0.2, -0.15) is 0 Å². The van der Waals surface area contributed by atoms with E-state index in [-0.39, 0.29) is 33.5 Å². The molecule has 0 spiro atoms. The van der Waals surface area contributed by atoms with Crippen LogP contribution >= 0.6 is 0 Å². The first-order chi connectivity index (χ1) is 10.4. The molecule has 0 radical (unpaired) electrons. The van der Waals surface area contributed by atoms with Crippen LogP contribution in [-0.4, -0.2) is 53.4 Å². The fourth-order valence-electron chi connectivity index (χ4n) is 3.07. The highest BCUT2D eigenvalue weighted by atomic mass is 79.9. The number of rotatable bonds is 4. The Morgan fingerprint density at radius 1 is 1.35 bits per heavy atom. The fourth-order valence-corrected chi connectivity index (χ4v) is 3.07. The Morgan fingerprint density at radius 2 is 2.09 bits per heavy atom. The van der Waals surface area contributed by atoms with Crippen LogP contribution in [0.15, 0.2) is 24.3 Å². The molecule has 0 aliphatic carbocycles. The lowest BCUT2D eigenvalue weighted by atomic mass is 10.1. The molecular weight excluding hydrogens is 362 g/mol. The van der Waals surface area contributed by atoms with Gasteiger partial charge in [0.2, 0.25) is 5.91 Å². The normalized spacial score (nSPS) is 21.2. The number of nitro benzene ring substituents is 1. The molecule has 1 aliphatic rings. The molecule has 2 rings (SSSR count). The maximum atomic E-state index is 11.9. The van der Waals surface area contributed by atoms with E-state index in [1.54, 1.807) is 12.1 Å². The molecule has 1 aromatic rings. The van der Waals surface area contributed by atoms with Gasteiger partial charge in [-0.15, -0.1) is 0 Å². The van der Waals surface area contributed by atoms with Gasteiger partial charge in [0.25, 0.3) is 5.69 Å². The largest absolute Gasteiger partial charge is 1.00 e. The van der Waals surface area contributed by atoms with Crippen molar-refractivity contribution in [1.82, 2.24) is 4.90 Å². The molecular formula is C16H24BrN3O3. The van der Waals surface area contributed by atoms with Crippen LogP contribution in [0.3, 0.4) is 0 Å². The van der Waals surface area contributed by atoms with E-state index in [1.807, 2.05) is 17.9 Å². The summed E-state index contributed by atoms with van der Waals surface area (Å²) in [4.78, 5) is 24.3. The molecule has 0 saturated carbocycles. The van der Waals surface area contributed by atoms with Gasteiger partial charge >= 0.3 is 0 Å². The van der Waals surface area contributed by atoms with Crippen molar-refractivity contribution in [2.24, 2.45) is 0 Å². The average Bonchev–Trinajstić information content (AvgIpc) is 2.68. The lowest BCUT2D eigenvalue weighted by molar-refractivity contribution is -0.920. The predicted molar refractivity (Wildman–Crippen MR) is 84.2 cm³/mol. The van der Waals surface area contributed by atoms with Crippen molar-refractivity contribution in [3.63, 3.8) is 0 Å². The maximum Gasteiger partial charge on any atom is 0.269 e. The van der Waals surface area contributed by atoms with E-state index in [1.165, 1.54) is 6.07 Å². The van der Waals surface area contributed by atoms with Crippen molar-refractivity contribution in [1.29, 1.82) is 0 Å². The van der Waals surface area contributed by atoms with Gasteiger partial charge in [-0.3, -0.25) is 14.9 Å². The molecule has 1 amide bonds. The molecule has 0 bridgehead atoms. The van der Waals surface area contributed by atoms with Crippen LogP contribution in [0.1, 0.15) is 25.3 Å². The van der Waals surface area contributed by atoms with Crippen LogP contribution in [0.5, 0.6) is 0 Å². The Hall–Kier alpha value is -1.47. The second-order valence-corrected chi connectivity index (χ2v) is 6.24. The highest BCUT2D eigenvalue weighted by Gasteiger charge is 2.28. The zero-order chi connectivity index (χ0) is 16.2. The van der Waals surface area contributed by atoms with Crippen LogP contribution < -0.4 is 17.0 Å². The summed E-state index contributed by atoms with van der Waals surface area (Å²) >= 11 is 0. The zero-order valence-corrected chi connectivity index (χ0v) is 15.3. The fraction of sp³-hybridized carbons (Fsp3) is 0.562. The third-order valence-electron chi connectivity index (χ3n) is 4.38. The zero-order valence-electron chi connectivity index (χ0n) is 13.7. The van der Waals surface area contributed by atoms with Gasteiger partial charge in [-0.25, -0.2) is 0 Å². The maximum absolute atomic E-state index is 11.9. The summed E-state index contributed by atoms with van der Waals surface area (Å²) in [6, 6.07) is 6.86. The van der Waals surface area contributed by atoms with E-state index in [0.717, 1.165) is 49.2 Å². The molecule has 7 heteroatoms. The summed E-state index contributed by atoms with van der Waals surface area (Å²) in [5.74, 6) is 0.212. The molecule has 1 saturated heterocycles. The van der Waals surface area contributed by atoms with Crippen molar-refractivity contribution < 1.29 is 31.2 Å². The van der Waals surface area contributed by atoms with E-state index >= 15 is 0 Å². The first kappa shape index (κ1) is 19.6. The van der Waals surface area contributed by atoms with Crippen molar-refractivity contribution in [3.05, 3.63) is 39.9 Å². The highest BCUT2D eigenvalue weighted by Crippen LogP contribution is 2.20. The number of carbonyl (C=O) groups is 1. The molecule has 128 valence electrons. The second-order valence-electron chi connectivity index (χ2n) is 6.24. The minimum absolute atomic E-state index is 0. The number of hydrogen-bond acceptors (Lipinski definition) is 3. The number of nitrogens with zero attached hydrogens (tertiary/aromatic N) is 3. The molecule has 1 unspecified atom stereocenters. The van der Waals surface area contributed by atoms with Gasteiger partial charge in [0.05, 0.1) is 31.6 Å². The lowest BCUT2D eigenvalue weighted by Gasteiger charge is -2.33. The van der Waals surface area contributed by atoms with Crippen LogP contribution in [-0.2, 0) is 11.3 Å². The van der Waals surface area contributed by atoms with Crippen molar-refractivity contribution in [2.45, 2.75) is 26.3 Å². The molecule has 0 aromatic heterocycles. The molecule has 1 aliphatic heterocycles. The summed E-state index contributed by atoms with van der Waals surface area (Å²) < 4.78 is 0.814. The molecule has 1 aromatic carbocycles. The van der Waals surface area contributed by atoms with E-state index in [2.05, 4.69) is 7.05 Å². The number of halogens is 1. The predicted octanol–water partition coefficient (Wildman–Crippen LogP) is -0.812. The Morgan fingerprint density at radius 3 is 2.74 bits per heavy atom. The Balaban J connectivity index is 0.00000264. The Labute approximate surface area is 147 Å². The van der Waals surface area contributed by atoms with Crippen LogP contribution in [0.25, 0.3) is 0 Å². The van der Waals surface area contributed by atoms with Crippen molar-refractivity contribution in [2.75, 3.05) is 33.2 Å². The summed E-state index contributed by atoms with van der Waals surface area (Å²) in [7, 11) is 2.17. The number of hydrogen-bond donors (Lipinski definition) is 0. The van der Waals surface area contributed by atoms with E-state index < -0.39 is 0 Å². The van der Waals surface area contributed by atoms with Gasteiger partial charge in [-0.05, 0) is 0 Å². The number of nitro groups is 1. The van der Waals surface area contributed by atoms with Gasteiger partial charge in [0.1, 0.15) is 6.54 Å². The van der Waals surface area contributed by atoms with E-state index in [4.69, 9.17) is 0 Å².